The predicted molar refractivity (Wildman–Crippen MR) is 89.4 cm³/mol. The third kappa shape index (κ3) is 3.56. The van der Waals surface area contributed by atoms with Crippen LogP contribution in [0.3, 0.4) is 0 Å². The molecule has 2 aromatic rings. The van der Waals surface area contributed by atoms with Gasteiger partial charge in [-0.05, 0) is 24.1 Å². The lowest BCUT2D eigenvalue weighted by atomic mass is 10.1. The highest BCUT2D eigenvalue weighted by Gasteiger charge is 2.35. The Morgan fingerprint density at radius 3 is 2.83 bits per heavy atom. The largest absolute Gasteiger partial charge is 0.312 e. The number of hydrogen-bond acceptors (Lipinski definition) is 5. The molecule has 3 rings (SSSR count). The van der Waals surface area contributed by atoms with Crippen molar-refractivity contribution in [3.63, 3.8) is 0 Å². The number of aryl methyl sites for hydroxylation is 1. The summed E-state index contributed by atoms with van der Waals surface area (Å²) >= 11 is 1.26. The lowest BCUT2D eigenvalue weighted by Crippen LogP contribution is -2.28. The van der Waals surface area contributed by atoms with Crippen molar-refractivity contribution in [3.05, 3.63) is 35.3 Å². The van der Waals surface area contributed by atoms with E-state index in [1.54, 1.807) is 10.4 Å². The van der Waals surface area contributed by atoms with E-state index in [9.17, 15) is 9.59 Å². The number of carbonyl (C=O) groups excluding carboxylic acids is 2. The molecule has 1 aromatic heterocycles. The van der Waals surface area contributed by atoms with Gasteiger partial charge in [0.1, 0.15) is 5.51 Å². The Balaban J connectivity index is 1.66. The molecule has 1 N–H and O–H groups in total. The Bertz CT molecular complexity index is 685. The molecule has 0 bridgehead atoms. The number of carbonyl (C=O) groups is 2. The maximum atomic E-state index is 12.2. The summed E-state index contributed by atoms with van der Waals surface area (Å²) < 4.78 is 0. The van der Waals surface area contributed by atoms with Gasteiger partial charge in [0.25, 0.3) is 0 Å². The van der Waals surface area contributed by atoms with Crippen molar-refractivity contribution in [3.8, 4) is 0 Å². The zero-order valence-electron chi connectivity index (χ0n) is 12.9. The molecule has 0 aliphatic carbocycles. The van der Waals surface area contributed by atoms with Gasteiger partial charge in [-0.15, -0.1) is 10.2 Å². The number of aromatic nitrogens is 2. The summed E-state index contributed by atoms with van der Waals surface area (Å²) in [4.78, 5) is 26.1. The zero-order chi connectivity index (χ0) is 16.2. The van der Waals surface area contributed by atoms with Gasteiger partial charge in [0.15, 0.2) is 0 Å². The second-order valence-corrected chi connectivity index (χ2v) is 6.39. The summed E-state index contributed by atoms with van der Waals surface area (Å²) in [6.45, 7) is 2.54. The lowest BCUT2D eigenvalue weighted by molar-refractivity contribution is -0.122. The van der Waals surface area contributed by atoms with Crippen LogP contribution in [-0.4, -0.2) is 28.6 Å². The van der Waals surface area contributed by atoms with E-state index in [1.807, 2.05) is 24.3 Å². The lowest BCUT2D eigenvalue weighted by Gasteiger charge is -2.17. The Labute approximate surface area is 138 Å². The second-order valence-electron chi connectivity index (χ2n) is 5.55. The fourth-order valence-electron chi connectivity index (χ4n) is 2.70. The smallest absolute Gasteiger partial charge is 0.231 e. The van der Waals surface area contributed by atoms with Crippen molar-refractivity contribution in [1.29, 1.82) is 0 Å². The summed E-state index contributed by atoms with van der Waals surface area (Å²) in [6.07, 6.45) is 2.35. The van der Waals surface area contributed by atoms with E-state index in [0.717, 1.165) is 18.5 Å². The van der Waals surface area contributed by atoms with Crippen LogP contribution >= 0.6 is 11.3 Å². The molecular formula is C16H18N4O2S. The second kappa shape index (κ2) is 6.87. The van der Waals surface area contributed by atoms with Crippen LogP contribution < -0.4 is 10.2 Å². The fraction of sp³-hybridized carbons (Fsp3) is 0.375. The summed E-state index contributed by atoms with van der Waals surface area (Å²) in [5.41, 5.74) is 3.66. The van der Waals surface area contributed by atoms with Gasteiger partial charge in [-0.2, -0.15) is 0 Å². The third-order valence-electron chi connectivity index (χ3n) is 3.87. The molecule has 23 heavy (non-hydrogen) atoms. The number of amides is 2. The van der Waals surface area contributed by atoms with Gasteiger partial charge < -0.3 is 10.2 Å². The molecule has 0 saturated carbocycles. The average molecular weight is 330 g/mol. The van der Waals surface area contributed by atoms with Gasteiger partial charge in [-0.1, -0.05) is 36.8 Å². The molecule has 7 heteroatoms. The molecule has 1 fully saturated rings. The number of anilines is 2. The van der Waals surface area contributed by atoms with Crippen molar-refractivity contribution in [2.45, 2.75) is 26.2 Å². The minimum absolute atomic E-state index is 0.0225. The van der Waals surface area contributed by atoms with Gasteiger partial charge in [0.05, 0.1) is 5.92 Å². The summed E-state index contributed by atoms with van der Waals surface area (Å²) in [7, 11) is 0. The molecule has 1 atom stereocenters. The van der Waals surface area contributed by atoms with Gasteiger partial charge in [0.2, 0.25) is 16.9 Å². The van der Waals surface area contributed by atoms with Crippen LogP contribution in [0.1, 0.15) is 25.3 Å². The number of benzene rings is 1. The fourth-order valence-corrected chi connectivity index (χ4v) is 3.15. The molecule has 1 aromatic carbocycles. The van der Waals surface area contributed by atoms with Crippen LogP contribution in [-0.2, 0) is 16.0 Å². The summed E-state index contributed by atoms with van der Waals surface area (Å²) in [6, 6.07) is 7.99. The minimum Gasteiger partial charge on any atom is -0.312 e. The molecule has 0 radical (unpaired) electrons. The molecule has 6 nitrogen and oxygen atoms in total. The normalized spacial score (nSPS) is 17.5. The first-order valence-electron chi connectivity index (χ1n) is 7.63. The summed E-state index contributed by atoms with van der Waals surface area (Å²) in [5.74, 6) is -0.562. The number of hydrogen-bond donors (Lipinski definition) is 1. The quantitative estimate of drug-likeness (QED) is 0.914. The first kappa shape index (κ1) is 15.6. The van der Waals surface area contributed by atoms with E-state index < -0.39 is 0 Å². The molecule has 2 amide bonds. The zero-order valence-corrected chi connectivity index (χ0v) is 13.7. The van der Waals surface area contributed by atoms with Crippen molar-refractivity contribution >= 4 is 34.0 Å². The van der Waals surface area contributed by atoms with E-state index in [4.69, 9.17) is 0 Å². The molecule has 1 aliphatic rings. The van der Waals surface area contributed by atoms with E-state index in [-0.39, 0.29) is 24.2 Å². The van der Waals surface area contributed by atoms with Crippen LogP contribution in [0.2, 0.25) is 0 Å². The van der Waals surface area contributed by atoms with Crippen LogP contribution in [0.5, 0.6) is 0 Å². The topological polar surface area (TPSA) is 75.2 Å². The summed E-state index contributed by atoms with van der Waals surface area (Å²) in [5, 5.41) is 10.6. The number of rotatable bonds is 5. The Morgan fingerprint density at radius 1 is 1.39 bits per heavy atom. The first-order chi connectivity index (χ1) is 11.2. The highest BCUT2D eigenvalue weighted by molar-refractivity contribution is 7.13. The van der Waals surface area contributed by atoms with E-state index >= 15 is 0 Å². The molecule has 120 valence electrons. The standard InChI is InChI=1S/C16H18N4O2S/c1-2-3-11-4-6-13(7-5-11)20-9-12(8-14(20)21)15(22)18-16-19-17-10-23-16/h4-7,10,12H,2-3,8-9H2,1H3,(H,18,19,22)/t12-/m1/s1. The molecule has 0 unspecified atom stereocenters. The maximum absolute atomic E-state index is 12.2. The SMILES string of the molecule is CCCc1ccc(N2C[C@H](C(=O)Nc3nncs3)CC2=O)cc1. The first-order valence-corrected chi connectivity index (χ1v) is 8.51. The third-order valence-corrected chi connectivity index (χ3v) is 4.48. The van der Waals surface area contributed by atoms with E-state index in [0.29, 0.717) is 11.7 Å². The molecular weight excluding hydrogens is 312 g/mol. The maximum Gasteiger partial charge on any atom is 0.231 e. The molecule has 0 spiro atoms. The molecule has 2 heterocycles. The Morgan fingerprint density at radius 2 is 2.17 bits per heavy atom. The minimum atomic E-state index is -0.360. The van der Waals surface area contributed by atoms with E-state index in [1.165, 1.54) is 16.9 Å². The van der Waals surface area contributed by atoms with Crippen molar-refractivity contribution < 1.29 is 9.59 Å². The van der Waals surface area contributed by atoms with Crippen LogP contribution in [0.4, 0.5) is 10.8 Å². The van der Waals surface area contributed by atoms with Crippen LogP contribution in [0, 0.1) is 5.92 Å². The van der Waals surface area contributed by atoms with Crippen LogP contribution in [0.25, 0.3) is 0 Å². The van der Waals surface area contributed by atoms with Gasteiger partial charge >= 0.3 is 0 Å². The number of nitrogens with one attached hydrogen (secondary N) is 1. The highest BCUT2D eigenvalue weighted by atomic mass is 32.1. The van der Waals surface area contributed by atoms with Crippen LogP contribution in [0.15, 0.2) is 29.8 Å². The monoisotopic (exact) mass is 330 g/mol. The molecule has 1 saturated heterocycles. The Hall–Kier alpha value is -2.28. The van der Waals surface area contributed by atoms with Gasteiger partial charge in [-0.25, -0.2) is 0 Å². The Kier molecular flexibility index (Phi) is 4.66. The van der Waals surface area contributed by atoms with Gasteiger partial charge in [0, 0.05) is 18.7 Å². The highest BCUT2D eigenvalue weighted by Crippen LogP contribution is 2.26. The predicted octanol–water partition coefficient (Wildman–Crippen LogP) is 2.48. The van der Waals surface area contributed by atoms with Crippen molar-refractivity contribution in [1.82, 2.24) is 10.2 Å². The average Bonchev–Trinajstić information content (AvgIpc) is 3.18. The molecule has 1 aliphatic heterocycles. The van der Waals surface area contributed by atoms with E-state index in [2.05, 4.69) is 22.4 Å². The van der Waals surface area contributed by atoms with Crippen molar-refractivity contribution in [2.75, 3.05) is 16.8 Å². The van der Waals surface area contributed by atoms with Crippen molar-refractivity contribution in [2.24, 2.45) is 5.92 Å². The van der Waals surface area contributed by atoms with Gasteiger partial charge in [-0.3, -0.25) is 9.59 Å². The number of nitrogens with zero attached hydrogens (tertiary/aromatic N) is 3.